The molecule has 0 saturated carbocycles. The third-order valence-electron chi connectivity index (χ3n) is 3.18. The van der Waals surface area contributed by atoms with Crippen LogP contribution >= 0.6 is 0 Å². The molecular weight excluding hydrogens is 236 g/mol. The molecule has 98 valence electrons. The van der Waals surface area contributed by atoms with Crippen LogP contribution < -0.4 is 0 Å². The number of ether oxygens (including phenoxy) is 2. The van der Waals surface area contributed by atoms with E-state index < -0.39 is 17.4 Å². The highest BCUT2D eigenvalue weighted by Crippen LogP contribution is 2.44. The smallest absolute Gasteiger partial charge is 0.323 e. The Morgan fingerprint density at radius 2 is 1.67 bits per heavy atom. The Hall–Kier alpha value is -1.91. The van der Waals surface area contributed by atoms with Gasteiger partial charge in [-0.2, -0.15) is 0 Å². The van der Waals surface area contributed by atoms with Gasteiger partial charge in [-0.1, -0.05) is 12.7 Å². The Labute approximate surface area is 105 Å². The fourth-order valence-corrected chi connectivity index (χ4v) is 2.22. The number of allylic oxidation sites excluding steroid dienone is 3. The van der Waals surface area contributed by atoms with Crippen molar-refractivity contribution in [3.63, 3.8) is 0 Å². The highest BCUT2D eigenvalue weighted by Gasteiger charge is 2.53. The fraction of sp³-hybridized carbons (Fsp3) is 0.462. The fourth-order valence-electron chi connectivity index (χ4n) is 2.22. The van der Waals surface area contributed by atoms with Gasteiger partial charge in [0.1, 0.15) is 0 Å². The van der Waals surface area contributed by atoms with Crippen molar-refractivity contribution in [2.45, 2.75) is 19.8 Å². The van der Waals surface area contributed by atoms with Crippen molar-refractivity contribution >= 4 is 17.7 Å². The van der Waals surface area contributed by atoms with E-state index in [2.05, 4.69) is 16.1 Å². The predicted octanol–water partition coefficient (Wildman–Crippen LogP) is 1.18. The van der Waals surface area contributed by atoms with Gasteiger partial charge in [-0.3, -0.25) is 14.4 Å². The SMILES string of the molecule is C=CC1=C(C(C)=O)CC(C(=O)OC)(C(=O)OC)C1. The number of hydrogen-bond acceptors (Lipinski definition) is 5. The van der Waals surface area contributed by atoms with E-state index in [0.717, 1.165) is 0 Å². The lowest BCUT2D eigenvalue weighted by molar-refractivity contribution is -0.168. The van der Waals surface area contributed by atoms with E-state index in [-0.39, 0.29) is 18.6 Å². The number of carbonyl (C=O) groups is 3. The Bertz CT molecular complexity index is 428. The summed E-state index contributed by atoms with van der Waals surface area (Å²) in [7, 11) is 2.40. The summed E-state index contributed by atoms with van der Waals surface area (Å²) < 4.78 is 9.34. The zero-order valence-corrected chi connectivity index (χ0v) is 10.7. The van der Waals surface area contributed by atoms with E-state index in [4.69, 9.17) is 0 Å². The molecule has 0 aliphatic heterocycles. The summed E-state index contributed by atoms with van der Waals surface area (Å²) in [6.45, 7) is 4.99. The average molecular weight is 252 g/mol. The molecule has 1 aliphatic rings. The Balaban J connectivity index is 3.23. The van der Waals surface area contributed by atoms with Crippen molar-refractivity contribution in [1.29, 1.82) is 0 Å². The summed E-state index contributed by atoms with van der Waals surface area (Å²) in [6, 6.07) is 0. The quantitative estimate of drug-likeness (QED) is 0.555. The molecule has 0 saturated heterocycles. The van der Waals surface area contributed by atoms with Crippen molar-refractivity contribution in [1.82, 2.24) is 0 Å². The first kappa shape index (κ1) is 14.2. The summed E-state index contributed by atoms with van der Waals surface area (Å²) >= 11 is 0. The number of Topliss-reactive ketones (excluding diaryl/α,β-unsaturated/α-hetero) is 1. The predicted molar refractivity (Wildman–Crippen MR) is 63.6 cm³/mol. The highest BCUT2D eigenvalue weighted by molar-refractivity contribution is 6.05. The maximum Gasteiger partial charge on any atom is 0.323 e. The van der Waals surface area contributed by atoms with Gasteiger partial charge in [0.2, 0.25) is 0 Å². The molecule has 0 spiro atoms. The molecule has 0 heterocycles. The van der Waals surface area contributed by atoms with Crippen molar-refractivity contribution in [2.75, 3.05) is 14.2 Å². The summed E-state index contributed by atoms with van der Waals surface area (Å²) in [6.07, 6.45) is 1.58. The molecule has 0 unspecified atom stereocenters. The van der Waals surface area contributed by atoms with Gasteiger partial charge in [-0.25, -0.2) is 0 Å². The molecule has 5 heteroatoms. The van der Waals surface area contributed by atoms with Gasteiger partial charge < -0.3 is 9.47 Å². The molecule has 0 amide bonds. The van der Waals surface area contributed by atoms with E-state index in [9.17, 15) is 14.4 Å². The molecule has 0 bridgehead atoms. The van der Waals surface area contributed by atoms with Gasteiger partial charge in [-0.05, 0) is 24.5 Å². The number of rotatable bonds is 4. The molecule has 0 atom stereocenters. The second kappa shape index (κ2) is 5.16. The summed E-state index contributed by atoms with van der Waals surface area (Å²) in [5.41, 5.74) is -0.423. The zero-order chi connectivity index (χ0) is 13.9. The number of carbonyl (C=O) groups excluding carboxylic acids is 3. The van der Waals surface area contributed by atoms with E-state index in [1.165, 1.54) is 27.2 Å². The number of esters is 2. The molecule has 5 nitrogen and oxygen atoms in total. The summed E-state index contributed by atoms with van der Waals surface area (Å²) in [4.78, 5) is 35.3. The van der Waals surface area contributed by atoms with Crippen LogP contribution in [0, 0.1) is 5.41 Å². The first-order valence-corrected chi connectivity index (χ1v) is 5.45. The number of ketones is 1. The molecule has 0 aromatic rings. The van der Waals surface area contributed by atoms with Crippen LogP contribution in [0.4, 0.5) is 0 Å². The van der Waals surface area contributed by atoms with Crippen molar-refractivity contribution in [2.24, 2.45) is 5.41 Å². The molecular formula is C13H16O5. The summed E-state index contributed by atoms with van der Waals surface area (Å²) in [5, 5.41) is 0. The first-order chi connectivity index (χ1) is 8.42. The highest BCUT2D eigenvalue weighted by atomic mass is 16.5. The van der Waals surface area contributed by atoms with Crippen LogP contribution in [0.2, 0.25) is 0 Å². The van der Waals surface area contributed by atoms with E-state index in [1.54, 1.807) is 0 Å². The standard InChI is InChI=1S/C13H16O5/c1-5-9-6-13(11(15)17-3,12(16)18-4)7-10(9)8(2)14/h5H,1,6-7H2,2-4H3. The first-order valence-electron chi connectivity index (χ1n) is 5.45. The van der Waals surface area contributed by atoms with Gasteiger partial charge in [0.15, 0.2) is 11.2 Å². The Morgan fingerprint density at radius 3 is 1.94 bits per heavy atom. The number of methoxy groups -OCH3 is 2. The van der Waals surface area contributed by atoms with Gasteiger partial charge in [-0.15, -0.1) is 0 Å². The van der Waals surface area contributed by atoms with Gasteiger partial charge in [0.05, 0.1) is 14.2 Å². The second-order valence-corrected chi connectivity index (χ2v) is 4.18. The van der Waals surface area contributed by atoms with E-state index >= 15 is 0 Å². The van der Waals surface area contributed by atoms with Crippen molar-refractivity contribution in [3.8, 4) is 0 Å². The lowest BCUT2D eigenvalue weighted by atomic mass is 9.83. The van der Waals surface area contributed by atoms with Crippen LogP contribution in [-0.4, -0.2) is 31.9 Å². The third-order valence-corrected chi connectivity index (χ3v) is 3.18. The van der Waals surface area contributed by atoms with E-state index in [0.29, 0.717) is 11.1 Å². The largest absolute Gasteiger partial charge is 0.468 e. The van der Waals surface area contributed by atoms with Gasteiger partial charge in [0.25, 0.3) is 0 Å². The third kappa shape index (κ3) is 2.08. The van der Waals surface area contributed by atoms with Crippen molar-refractivity contribution in [3.05, 3.63) is 23.8 Å². The lowest BCUT2D eigenvalue weighted by Gasteiger charge is -2.23. The molecule has 0 N–H and O–H groups in total. The molecule has 0 radical (unpaired) electrons. The number of hydrogen-bond donors (Lipinski definition) is 0. The molecule has 0 fully saturated rings. The van der Waals surface area contributed by atoms with Crippen LogP contribution in [0.3, 0.4) is 0 Å². The van der Waals surface area contributed by atoms with Crippen LogP contribution in [0.1, 0.15) is 19.8 Å². The van der Waals surface area contributed by atoms with E-state index in [1.807, 2.05) is 0 Å². The van der Waals surface area contributed by atoms with Crippen LogP contribution in [0.5, 0.6) is 0 Å². The minimum atomic E-state index is -1.45. The summed E-state index contributed by atoms with van der Waals surface area (Å²) in [5.74, 6) is -1.56. The molecule has 1 aliphatic carbocycles. The van der Waals surface area contributed by atoms with Gasteiger partial charge in [0, 0.05) is 6.42 Å². The normalized spacial score (nSPS) is 17.3. The van der Waals surface area contributed by atoms with Crippen LogP contribution in [0.15, 0.2) is 23.8 Å². The maximum atomic E-state index is 11.9. The average Bonchev–Trinajstić information content (AvgIpc) is 2.77. The Morgan fingerprint density at radius 1 is 1.17 bits per heavy atom. The van der Waals surface area contributed by atoms with Crippen molar-refractivity contribution < 1.29 is 23.9 Å². The zero-order valence-electron chi connectivity index (χ0n) is 10.7. The van der Waals surface area contributed by atoms with Gasteiger partial charge >= 0.3 is 11.9 Å². The van der Waals surface area contributed by atoms with Crippen LogP contribution in [-0.2, 0) is 23.9 Å². The second-order valence-electron chi connectivity index (χ2n) is 4.18. The van der Waals surface area contributed by atoms with Crippen LogP contribution in [0.25, 0.3) is 0 Å². The monoisotopic (exact) mass is 252 g/mol. The topological polar surface area (TPSA) is 69.7 Å². The maximum absolute atomic E-state index is 11.9. The minimum Gasteiger partial charge on any atom is -0.468 e. The lowest BCUT2D eigenvalue weighted by Crippen LogP contribution is -2.39. The minimum absolute atomic E-state index is 0.00301. The molecule has 1 rings (SSSR count). The molecule has 18 heavy (non-hydrogen) atoms. The molecule has 0 aromatic heterocycles. The molecule has 0 aromatic carbocycles. The Kier molecular flexibility index (Phi) is 4.06.